The van der Waals surface area contributed by atoms with Crippen LogP contribution in [0.4, 0.5) is 0 Å². The van der Waals surface area contributed by atoms with Crippen LogP contribution in [0.5, 0.6) is 11.5 Å². The fourth-order valence-corrected chi connectivity index (χ4v) is 5.99. The topological polar surface area (TPSA) is 79.1 Å². The highest BCUT2D eigenvalue weighted by Crippen LogP contribution is 2.37. The number of carbonyl (C=O) groups is 1. The molecule has 1 aromatic carbocycles. The highest BCUT2D eigenvalue weighted by atomic mass is 79.9. The Morgan fingerprint density at radius 3 is 2.88 bits per heavy atom. The first-order valence-electron chi connectivity index (χ1n) is 9.80. The summed E-state index contributed by atoms with van der Waals surface area (Å²) >= 11 is 6.31. The quantitative estimate of drug-likeness (QED) is 0.481. The van der Waals surface area contributed by atoms with Gasteiger partial charge in [0, 0.05) is 9.35 Å². The van der Waals surface area contributed by atoms with E-state index in [1.54, 1.807) is 24.5 Å². The van der Waals surface area contributed by atoms with Gasteiger partial charge in [0.25, 0.3) is 5.56 Å². The minimum Gasteiger partial charge on any atom is -0.463 e. The number of rotatable bonds is 4. The van der Waals surface area contributed by atoms with E-state index in [1.807, 2.05) is 29.6 Å². The molecule has 7 nitrogen and oxygen atoms in total. The molecule has 10 heteroatoms. The van der Waals surface area contributed by atoms with Gasteiger partial charge >= 0.3 is 5.97 Å². The third kappa shape index (κ3) is 3.52. The summed E-state index contributed by atoms with van der Waals surface area (Å²) in [4.78, 5) is 32.3. The Balaban J connectivity index is 1.70. The number of hydrogen-bond acceptors (Lipinski definition) is 8. The molecule has 2 aliphatic rings. The van der Waals surface area contributed by atoms with Crippen LogP contribution in [0.15, 0.2) is 55.2 Å². The van der Waals surface area contributed by atoms with Gasteiger partial charge in [-0.05, 0) is 49.1 Å². The highest BCUT2D eigenvalue weighted by molar-refractivity contribution is 9.10. The number of benzene rings is 1. The van der Waals surface area contributed by atoms with Gasteiger partial charge in [0.15, 0.2) is 16.3 Å². The van der Waals surface area contributed by atoms with Crippen LogP contribution in [0, 0.1) is 0 Å². The zero-order valence-corrected chi connectivity index (χ0v) is 20.3. The van der Waals surface area contributed by atoms with Crippen molar-refractivity contribution < 1.29 is 19.0 Å². The van der Waals surface area contributed by atoms with Crippen molar-refractivity contribution in [3.63, 3.8) is 0 Å². The van der Waals surface area contributed by atoms with Gasteiger partial charge < -0.3 is 14.2 Å². The van der Waals surface area contributed by atoms with Crippen molar-refractivity contribution >= 4 is 50.6 Å². The molecule has 0 saturated heterocycles. The van der Waals surface area contributed by atoms with E-state index in [-0.39, 0.29) is 19.0 Å². The number of aromatic nitrogens is 1. The Kier molecular flexibility index (Phi) is 5.52. The number of hydrogen-bond donors (Lipinski definition) is 0. The standard InChI is InChI=1S/C22H17BrN2O5S2/c1-3-28-21(27)18-11(2)24-22-25(19(18)16-5-4-6-31-16)20(26)17(32-22)8-12-7-14-15(9-13(12)23)30-10-29-14/h4-9,19H,3,10H2,1-2H3/b17-8-/t19-/m1/s1. The number of esters is 1. The lowest BCUT2D eigenvalue weighted by atomic mass is 10.0. The van der Waals surface area contributed by atoms with E-state index < -0.39 is 12.0 Å². The third-order valence-electron chi connectivity index (χ3n) is 5.11. The van der Waals surface area contributed by atoms with Crippen molar-refractivity contribution in [2.24, 2.45) is 4.99 Å². The van der Waals surface area contributed by atoms with Gasteiger partial charge in [-0.25, -0.2) is 9.79 Å². The van der Waals surface area contributed by atoms with Crippen molar-refractivity contribution in [3.05, 3.63) is 75.5 Å². The molecule has 0 aliphatic carbocycles. The largest absolute Gasteiger partial charge is 0.463 e. The zero-order valence-electron chi connectivity index (χ0n) is 17.1. The molecule has 2 aliphatic heterocycles. The third-order valence-corrected chi connectivity index (χ3v) is 7.70. The van der Waals surface area contributed by atoms with Crippen LogP contribution < -0.4 is 24.4 Å². The van der Waals surface area contributed by atoms with Gasteiger partial charge in [0.1, 0.15) is 6.04 Å². The number of thiophene rings is 1. The van der Waals surface area contributed by atoms with Gasteiger partial charge in [-0.2, -0.15) is 0 Å². The minimum absolute atomic E-state index is 0.171. The zero-order chi connectivity index (χ0) is 22.4. The summed E-state index contributed by atoms with van der Waals surface area (Å²) in [6, 6.07) is 6.89. The number of nitrogens with zero attached hydrogens (tertiary/aromatic N) is 2. The number of fused-ring (bicyclic) bond motifs is 2. The Labute approximate surface area is 199 Å². The van der Waals surface area contributed by atoms with Gasteiger partial charge in [0.05, 0.1) is 22.4 Å². The van der Waals surface area contributed by atoms with Crippen LogP contribution in [0.2, 0.25) is 0 Å². The smallest absolute Gasteiger partial charge is 0.338 e. The van der Waals surface area contributed by atoms with Crippen molar-refractivity contribution in [2.75, 3.05) is 13.4 Å². The fourth-order valence-electron chi connectivity index (χ4n) is 3.69. The Morgan fingerprint density at radius 2 is 2.16 bits per heavy atom. The van der Waals surface area contributed by atoms with Crippen LogP contribution in [0.25, 0.3) is 6.08 Å². The maximum atomic E-state index is 13.5. The normalized spacial score (nSPS) is 17.3. The number of halogens is 1. The number of ether oxygens (including phenoxy) is 3. The van der Waals surface area contributed by atoms with Gasteiger partial charge in [-0.3, -0.25) is 9.36 Å². The first kappa shape index (κ1) is 21.2. The Hall–Kier alpha value is -2.69. The summed E-state index contributed by atoms with van der Waals surface area (Å²) in [5, 5.41) is 1.92. The molecule has 4 heterocycles. The Morgan fingerprint density at radius 1 is 1.38 bits per heavy atom. The van der Waals surface area contributed by atoms with Crippen LogP contribution in [0.1, 0.15) is 30.3 Å². The molecule has 3 aromatic rings. The number of allylic oxidation sites excluding steroid dienone is 1. The van der Waals surface area contributed by atoms with Gasteiger partial charge in [0.2, 0.25) is 6.79 Å². The van der Waals surface area contributed by atoms with Crippen molar-refractivity contribution in [2.45, 2.75) is 19.9 Å². The minimum atomic E-state index is -0.576. The molecule has 0 bridgehead atoms. The summed E-state index contributed by atoms with van der Waals surface area (Å²) in [7, 11) is 0. The SMILES string of the molecule is CCOC(=O)C1=C(C)N=c2s/c(=C\c3cc4c(cc3Br)OCO4)c(=O)n2[C@@H]1c1cccs1. The summed E-state index contributed by atoms with van der Waals surface area (Å²) < 4.78 is 19.0. The van der Waals surface area contributed by atoms with Crippen LogP contribution in [-0.4, -0.2) is 23.9 Å². The predicted molar refractivity (Wildman–Crippen MR) is 125 cm³/mol. The molecule has 0 saturated carbocycles. The molecule has 0 unspecified atom stereocenters. The lowest BCUT2D eigenvalue weighted by molar-refractivity contribution is -0.139. The van der Waals surface area contributed by atoms with Crippen molar-refractivity contribution in [1.82, 2.24) is 4.57 Å². The molecule has 0 radical (unpaired) electrons. The molecular formula is C22H17BrN2O5S2. The summed E-state index contributed by atoms with van der Waals surface area (Å²) in [5.41, 5.74) is 1.51. The maximum absolute atomic E-state index is 13.5. The second-order valence-electron chi connectivity index (χ2n) is 7.04. The van der Waals surface area contributed by atoms with Crippen molar-refractivity contribution in [1.29, 1.82) is 0 Å². The highest BCUT2D eigenvalue weighted by Gasteiger charge is 2.33. The average molecular weight is 533 g/mol. The van der Waals surface area contributed by atoms with E-state index in [0.29, 0.717) is 32.1 Å². The molecular weight excluding hydrogens is 516 g/mol. The van der Waals surface area contributed by atoms with Crippen LogP contribution in [0.3, 0.4) is 0 Å². The van der Waals surface area contributed by atoms with E-state index >= 15 is 0 Å². The molecule has 164 valence electrons. The van der Waals surface area contributed by atoms with Crippen molar-refractivity contribution in [3.8, 4) is 11.5 Å². The summed E-state index contributed by atoms with van der Waals surface area (Å²) in [6.45, 7) is 3.95. The molecule has 32 heavy (non-hydrogen) atoms. The van der Waals surface area contributed by atoms with Crippen LogP contribution >= 0.6 is 38.6 Å². The molecule has 0 fully saturated rings. The average Bonchev–Trinajstić information content (AvgIpc) is 3.49. The number of thiazole rings is 1. The van der Waals surface area contributed by atoms with E-state index in [4.69, 9.17) is 14.2 Å². The lowest BCUT2D eigenvalue weighted by Gasteiger charge is -2.23. The van der Waals surface area contributed by atoms with E-state index in [2.05, 4.69) is 20.9 Å². The molecule has 0 N–H and O–H groups in total. The molecule has 0 amide bonds. The second kappa shape index (κ2) is 8.34. The summed E-state index contributed by atoms with van der Waals surface area (Å²) in [5.74, 6) is 0.826. The first-order valence-corrected chi connectivity index (χ1v) is 12.3. The molecule has 1 atom stereocenters. The fraction of sp³-hybridized carbons (Fsp3) is 0.227. The molecule has 2 aromatic heterocycles. The molecule has 5 rings (SSSR count). The first-order chi connectivity index (χ1) is 15.5. The summed E-state index contributed by atoms with van der Waals surface area (Å²) in [6.07, 6.45) is 1.80. The maximum Gasteiger partial charge on any atom is 0.338 e. The van der Waals surface area contributed by atoms with Gasteiger partial charge in [-0.15, -0.1) is 11.3 Å². The lowest BCUT2D eigenvalue weighted by Crippen LogP contribution is -2.39. The number of carbonyl (C=O) groups excluding carboxylic acids is 1. The van der Waals surface area contributed by atoms with E-state index in [9.17, 15) is 9.59 Å². The Bertz CT molecular complexity index is 1440. The monoisotopic (exact) mass is 532 g/mol. The second-order valence-corrected chi connectivity index (χ2v) is 9.89. The van der Waals surface area contributed by atoms with Gasteiger partial charge in [-0.1, -0.05) is 33.3 Å². The van der Waals surface area contributed by atoms with Crippen LogP contribution in [-0.2, 0) is 9.53 Å². The predicted octanol–water partition coefficient (Wildman–Crippen LogP) is 3.35. The molecule has 0 spiro atoms. The van der Waals surface area contributed by atoms with E-state index in [1.165, 1.54) is 22.7 Å². The van der Waals surface area contributed by atoms with E-state index in [0.717, 1.165) is 14.9 Å².